The number of aryl methyl sites for hydroxylation is 1. The number of para-hydroxylation sites is 1. The summed E-state index contributed by atoms with van der Waals surface area (Å²) < 4.78 is 6.56. The van der Waals surface area contributed by atoms with Crippen LogP contribution in [-0.2, 0) is 0 Å². The third-order valence-electron chi connectivity index (χ3n) is 6.06. The minimum Gasteiger partial charge on any atom is -0.444 e. The zero-order valence-corrected chi connectivity index (χ0v) is 18.3. The van der Waals surface area contributed by atoms with Gasteiger partial charge in [-0.05, 0) is 42.0 Å². The van der Waals surface area contributed by atoms with E-state index in [9.17, 15) is 4.79 Å². The molecule has 158 valence electrons. The van der Waals surface area contributed by atoms with E-state index in [4.69, 9.17) is 9.84 Å². The fraction of sp³-hybridized carbons (Fsp3) is 0.154. The minimum atomic E-state index is -1.16. The third-order valence-corrected chi connectivity index (χ3v) is 6.96. The summed E-state index contributed by atoms with van der Waals surface area (Å²) in [6.07, 6.45) is 2.76. The molecule has 0 radical (unpaired) electrons. The van der Waals surface area contributed by atoms with Gasteiger partial charge in [-0.1, -0.05) is 78.4 Å². The van der Waals surface area contributed by atoms with E-state index in [1.54, 1.807) is 0 Å². The molecule has 32 heavy (non-hydrogen) atoms. The van der Waals surface area contributed by atoms with Crippen molar-refractivity contribution < 1.29 is 9.53 Å². The Kier molecular flexibility index (Phi) is 4.36. The van der Waals surface area contributed by atoms with Gasteiger partial charge in [0.1, 0.15) is 5.75 Å². The Labute approximate surface area is 190 Å². The average Bonchev–Trinajstić information content (AvgIpc) is 3.39. The molecule has 3 aliphatic rings. The van der Waals surface area contributed by atoms with Crippen LogP contribution in [0.15, 0.2) is 88.9 Å². The maximum atomic E-state index is 12.7. The second-order valence-corrected chi connectivity index (χ2v) is 9.21. The Balaban J connectivity index is 1.51. The second kappa shape index (κ2) is 7.28. The summed E-state index contributed by atoms with van der Waals surface area (Å²) in [7, 11) is 0. The predicted octanol–water partition coefficient (Wildman–Crippen LogP) is 5.69. The van der Waals surface area contributed by atoms with Gasteiger partial charge in [-0.2, -0.15) is 5.10 Å². The first-order valence-electron chi connectivity index (χ1n) is 10.6. The lowest BCUT2D eigenvalue weighted by molar-refractivity contribution is -0.0949. The lowest BCUT2D eigenvalue weighted by Crippen LogP contribution is -2.61. The average molecular weight is 440 g/mol. The monoisotopic (exact) mass is 439 g/mol. The fourth-order valence-electron chi connectivity index (χ4n) is 4.48. The summed E-state index contributed by atoms with van der Waals surface area (Å²) in [5, 5.41) is 9.89. The van der Waals surface area contributed by atoms with E-state index in [2.05, 4.69) is 54.7 Å². The SMILES string of the molecule is Cc1ccc(/C=C2\SC(=O)N[C@@]23Oc2ccccc2[C@H]2CC(c4ccccc4)=NN23)cc1. The number of hydrazone groups is 1. The molecule has 3 aliphatic heterocycles. The fourth-order valence-corrected chi connectivity index (χ4v) is 5.39. The highest BCUT2D eigenvalue weighted by atomic mass is 32.2. The molecular weight excluding hydrogens is 418 g/mol. The largest absolute Gasteiger partial charge is 0.444 e. The summed E-state index contributed by atoms with van der Waals surface area (Å²) in [6.45, 7) is 2.06. The van der Waals surface area contributed by atoms with Crippen LogP contribution in [0.25, 0.3) is 6.08 Å². The molecule has 3 aromatic rings. The maximum absolute atomic E-state index is 12.7. The summed E-state index contributed by atoms with van der Waals surface area (Å²) in [6, 6.07) is 26.4. The molecule has 5 nitrogen and oxygen atoms in total. The number of nitrogens with one attached hydrogen (secondary N) is 1. The highest BCUT2D eigenvalue weighted by Crippen LogP contribution is 2.52. The van der Waals surface area contributed by atoms with E-state index in [1.807, 2.05) is 47.5 Å². The van der Waals surface area contributed by atoms with Gasteiger partial charge in [-0.15, -0.1) is 0 Å². The van der Waals surface area contributed by atoms with Crippen LogP contribution in [0.1, 0.15) is 34.7 Å². The minimum absolute atomic E-state index is 0.0319. The lowest BCUT2D eigenvalue weighted by atomic mass is 9.95. The Morgan fingerprint density at radius 3 is 2.62 bits per heavy atom. The van der Waals surface area contributed by atoms with Crippen LogP contribution in [0.5, 0.6) is 5.75 Å². The molecule has 3 aromatic carbocycles. The molecule has 1 N–H and O–H groups in total. The topological polar surface area (TPSA) is 53.9 Å². The highest BCUT2D eigenvalue weighted by molar-refractivity contribution is 8.17. The molecule has 2 atom stereocenters. The van der Waals surface area contributed by atoms with Crippen LogP contribution < -0.4 is 10.1 Å². The summed E-state index contributed by atoms with van der Waals surface area (Å²) in [4.78, 5) is 13.5. The molecule has 3 heterocycles. The maximum Gasteiger partial charge on any atom is 0.314 e. The summed E-state index contributed by atoms with van der Waals surface area (Å²) in [5.74, 6) is -0.391. The smallest absolute Gasteiger partial charge is 0.314 e. The molecule has 6 rings (SSSR count). The second-order valence-electron chi connectivity index (χ2n) is 8.19. The molecule has 0 aliphatic carbocycles. The highest BCUT2D eigenvalue weighted by Gasteiger charge is 2.58. The van der Waals surface area contributed by atoms with Gasteiger partial charge in [-0.25, -0.2) is 5.01 Å². The summed E-state index contributed by atoms with van der Waals surface area (Å²) >= 11 is 1.17. The van der Waals surface area contributed by atoms with E-state index in [-0.39, 0.29) is 11.3 Å². The summed E-state index contributed by atoms with van der Waals surface area (Å²) in [5.41, 5.74) is 5.34. The zero-order chi connectivity index (χ0) is 21.7. The van der Waals surface area contributed by atoms with Crippen molar-refractivity contribution in [3.63, 3.8) is 0 Å². The number of ether oxygens (including phenoxy) is 1. The van der Waals surface area contributed by atoms with Crippen LogP contribution in [0.2, 0.25) is 0 Å². The molecule has 1 amide bonds. The van der Waals surface area contributed by atoms with Crippen LogP contribution in [-0.4, -0.2) is 21.8 Å². The van der Waals surface area contributed by atoms with Gasteiger partial charge in [0, 0.05) is 12.0 Å². The van der Waals surface area contributed by atoms with E-state index in [1.165, 1.54) is 17.3 Å². The Bertz CT molecular complexity index is 1270. The van der Waals surface area contributed by atoms with Crippen molar-refractivity contribution in [2.45, 2.75) is 25.2 Å². The van der Waals surface area contributed by atoms with Gasteiger partial charge >= 0.3 is 5.85 Å². The number of fused-ring (bicyclic) bond motifs is 4. The van der Waals surface area contributed by atoms with Crippen LogP contribution in [0.3, 0.4) is 0 Å². The van der Waals surface area contributed by atoms with Crippen LogP contribution in [0, 0.1) is 6.92 Å². The van der Waals surface area contributed by atoms with Crippen molar-refractivity contribution >= 4 is 28.8 Å². The van der Waals surface area contributed by atoms with Gasteiger partial charge in [0.2, 0.25) is 0 Å². The molecule has 0 unspecified atom stereocenters. The first-order chi connectivity index (χ1) is 15.6. The number of nitrogens with zero attached hydrogens (tertiary/aromatic N) is 2. The van der Waals surface area contributed by atoms with Gasteiger partial charge < -0.3 is 4.74 Å². The van der Waals surface area contributed by atoms with Crippen LogP contribution >= 0.6 is 11.8 Å². The molecule has 1 fully saturated rings. The molecule has 0 bridgehead atoms. The molecule has 6 heteroatoms. The van der Waals surface area contributed by atoms with E-state index < -0.39 is 5.85 Å². The van der Waals surface area contributed by atoms with Gasteiger partial charge in [-0.3, -0.25) is 10.1 Å². The Morgan fingerprint density at radius 2 is 1.81 bits per heavy atom. The molecule has 0 aromatic heterocycles. The lowest BCUT2D eigenvalue weighted by Gasteiger charge is -2.45. The molecule has 0 saturated carbocycles. The van der Waals surface area contributed by atoms with Crippen molar-refractivity contribution in [2.75, 3.05) is 0 Å². The normalized spacial score (nSPS) is 24.7. The predicted molar refractivity (Wildman–Crippen MR) is 127 cm³/mol. The van der Waals surface area contributed by atoms with Crippen molar-refractivity contribution in [1.29, 1.82) is 0 Å². The zero-order valence-electron chi connectivity index (χ0n) is 17.5. The number of carbonyl (C=O) groups excluding carboxylic acids is 1. The molecular formula is C26H21N3O2S. The van der Waals surface area contributed by atoms with E-state index >= 15 is 0 Å². The Morgan fingerprint density at radius 1 is 1.06 bits per heavy atom. The van der Waals surface area contributed by atoms with Crippen molar-refractivity contribution in [1.82, 2.24) is 10.3 Å². The van der Waals surface area contributed by atoms with Crippen LogP contribution in [0.4, 0.5) is 4.79 Å². The molecule has 1 saturated heterocycles. The first kappa shape index (κ1) is 19.2. The van der Waals surface area contributed by atoms with E-state index in [0.29, 0.717) is 0 Å². The number of benzene rings is 3. The van der Waals surface area contributed by atoms with Crippen molar-refractivity contribution in [3.8, 4) is 5.75 Å². The Hall–Kier alpha value is -3.51. The first-order valence-corrected chi connectivity index (χ1v) is 11.4. The van der Waals surface area contributed by atoms with Crippen molar-refractivity contribution in [2.24, 2.45) is 5.10 Å². The molecule has 1 spiro atoms. The van der Waals surface area contributed by atoms with Gasteiger partial charge in [0.05, 0.1) is 16.7 Å². The number of hydrogen-bond donors (Lipinski definition) is 1. The standard InChI is InChI=1S/C26H21N3O2S/c1-17-11-13-18(14-12-17)15-24-26(27-25(30)32-24)29-22(20-9-5-6-10-23(20)31-26)16-21(28-29)19-7-3-2-4-8-19/h2-15,22H,16H2,1H3,(H,27,30)/b24-15-/t22-,26+/m1/s1. The number of thioether (sulfide) groups is 1. The number of rotatable bonds is 2. The number of amides is 1. The van der Waals surface area contributed by atoms with Gasteiger partial charge in [0.15, 0.2) is 0 Å². The van der Waals surface area contributed by atoms with E-state index in [0.717, 1.165) is 39.5 Å². The number of carbonyl (C=O) groups is 1. The number of hydrogen-bond acceptors (Lipinski definition) is 5. The quantitative estimate of drug-likeness (QED) is 0.557. The van der Waals surface area contributed by atoms with Gasteiger partial charge in [0.25, 0.3) is 5.24 Å². The third kappa shape index (κ3) is 3.02. The van der Waals surface area contributed by atoms with Crippen molar-refractivity contribution in [3.05, 3.63) is 106 Å².